The van der Waals surface area contributed by atoms with Gasteiger partial charge in [-0.3, -0.25) is 4.79 Å². The maximum atomic E-state index is 11.8. The third-order valence-corrected chi connectivity index (χ3v) is 3.33. The molecule has 1 aromatic carbocycles. The molecule has 0 bridgehead atoms. The third kappa shape index (κ3) is 3.01. The van der Waals surface area contributed by atoms with Gasteiger partial charge in [-0.2, -0.15) is 17.7 Å². The zero-order valence-electron chi connectivity index (χ0n) is 10.3. The molecule has 1 heterocycles. The summed E-state index contributed by atoms with van der Waals surface area (Å²) < 4.78 is 1.50. The van der Waals surface area contributed by atoms with Crippen molar-refractivity contribution in [2.45, 2.75) is 19.4 Å². The molecule has 4 heteroatoms. The standard InChI is InChI=1S/C14H16N2OS/c1-11-7-14(17)16(15-8-11)9-13(10-18)12-5-3-2-4-6-12/h2-8,13,18H,9-10H2,1H3. The summed E-state index contributed by atoms with van der Waals surface area (Å²) >= 11 is 4.37. The molecule has 1 aromatic heterocycles. The molecule has 2 aromatic rings. The fourth-order valence-corrected chi connectivity index (χ4v) is 2.19. The molecule has 0 aliphatic heterocycles. The summed E-state index contributed by atoms with van der Waals surface area (Å²) in [6.45, 7) is 2.43. The van der Waals surface area contributed by atoms with E-state index in [-0.39, 0.29) is 11.5 Å². The van der Waals surface area contributed by atoms with Gasteiger partial charge in [0.05, 0.1) is 12.7 Å². The van der Waals surface area contributed by atoms with Gasteiger partial charge in [-0.1, -0.05) is 30.3 Å². The highest BCUT2D eigenvalue weighted by Crippen LogP contribution is 2.18. The van der Waals surface area contributed by atoms with E-state index in [0.717, 1.165) is 5.56 Å². The van der Waals surface area contributed by atoms with Crippen molar-refractivity contribution in [2.75, 3.05) is 5.75 Å². The maximum absolute atomic E-state index is 11.8. The number of rotatable bonds is 4. The van der Waals surface area contributed by atoms with Crippen LogP contribution in [0.2, 0.25) is 0 Å². The van der Waals surface area contributed by atoms with Gasteiger partial charge in [0.1, 0.15) is 0 Å². The number of nitrogens with zero attached hydrogens (tertiary/aromatic N) is 2. The second-order valence-electron chi connectivity index (χ2n) is 4.34. The van der Waals surface area contributed by atoms with Crippen LogP contribution in [-0.2, 0) is 6.54 Å². The molecule has 2 rings (SSSR count). The van der Waals surface area contributed by atoms with Crippen LogP contribution in [0.5, 0.6) is 0 Å². The monoisotopic (exact) mass is 260 g/mol. The van der Waals surface area contributed by atoms with Gasteiger partial charge in [0.2, 0.25) is 0 Å². The normalized spacial score (nSPS) is 12.3. The molecule has 0 aliphatic carbocycles. The van der Waals surface area contributed by atoms with Crippen LogP contribution in [0.4, 0.5) is 0 Å². The van der Waals surface area contributed by atoms with Crippen molar-refractivity contribution in [3.05, 3.63) is 64.1 Å². The molecule has 0 amide bonds. The van der Waals surface area contributed by atoms with Crippen LogP contribution in [0.25, 0.3) is 0 Å². The van der Waals surface area contributed by atoms with Gasteiger partial charge in [-0.15, -0.1) is 0 Å². The van der Waals surface area contributed by atoms with Crippen molar-refractivity contribution in [3.8, 4) is 0 Å². The van der Waals surface area contributed by atoms with Crippen molar-refractivity contribution in [2.24, 2.45) is 0 Å². The Bertz CT molecular complexity index is 566. The summed E-state index contributed by atoms with van der Waals surface area (Å²) in [7, 11) is 0. The average molecular weight is 260 g/mol. The predicted molar refractivity (Wildman–Crippen MR) is 76.3 cm³/mol. The van der Waals surface area contributed by atoms with Crippen LogP contribution in [0.3, 0.4) is 0 Å². The van der Waals surface area contributed by atoms with Gasteiger partial charge < -0.3 is 0 Å². The van der Waals surface area contributed by atoms with E-state index in [2.05, 4.69) is 29.9 Å². The topological polar surface area (TPSA) is 34.9 Å². The molecule has 1 unspecified atom stereocenters. The number of hydrogen-bond donors (Lipinski definition) is 1. The molecule has 0 N–H and O–H groups in total. The van der Waals surface area contributed by atoms with Gasteiger partial charge in [0, 0.05) is 12.0 Å². The first kappa shape index (κ1) is 12.9. The lowest BCUT2D eigenvalue weighted by Crippen LogP contribution is -2.25. The lowest BCUT2D eigenvalue weighted by molar-refractivity contribution is 0.520. The Hall–Kier alpha value is -1.55. The first-order chi connectivity index (χ1) is 8.70. The van der Waals surface area contributed by atoms with E-state index in [1.165, 1.54) is 10.2 Å². The molecule has 0 fully saturated rings. The minimum absolute atomic E-state index is 0.0577. The molecule has 0 spiro atoms. The second kappa shape index (κ2) is 5.87. The number of aryl methyl sites for hydroxylation is 1. The lowest BCUT2D eigenvalue weighted by Gasteiger charge is -2.15. The summed E-state index contributed by atoms with van der Waals surface area (Å²) in [5, 5.41) is 4.16. The highest BCUT2D eigenvalue weighted by atomic mass is 32.1. The number of thiol groups is 1. The largest absolute Gasteiger partial charge is 0.268 e. The van der Waals surface area contributed by atoms with E-state index in [0.29, 0.717) is 12.3 Å². The van der Waals surface area contributed by atoms with Crippen molar-refractivity contribution in [1.29, 1.82) is 0 Å². The maximum Gasteiger partial charge on any atom is 0.267 e. The quantitative estimate of drug-likeness (QED) is 0.856. The minimum atomic E-state index is -0.0577. The zero-order valence-corrected chi connectivity index (χ0v) is 11.2. The van der Waals surface area contributed by atoms with Crippen molar-refractivity contribution in [3.63, 3.8) is 0 Å². The SMILES string of the molecule is Cc1cnn(CC(CS)c2ccccc2)c(=O)c1. The predicted octanol–water partition coefficient (Wildman–Crippen LogP) is 2.27. The van der Waals surface area contributed by atoms with Gasteiger partial charge in [-0.05, 0) is 23.8 Å². The van der Waals surface area contributed by atoms with Gasteiger partial charge in [0.15, 0.2) is 0 Å². The van der Waals surface area contributed by atoms with Crippen LogP contribution in [0.15, 0.2) is 47.4 Å². The summed E-state index contributed by atoms with van der Waals surface area (Å²) in [6, 6.07) is 11.7. The van der Waals surface area contributed by atoms with E-state index < -0.39 is 0 Å². The molecule has 18 heavy (non-hydrogen) atoms. The molecule has 3 nitrogen and oxygen atoms in total. The van der Waals surface area contributed by atoms with E-state index in [9.17, 15) is 4.79 Å². The van der Waals surface area contributed by atoms with E-state index in [4.69, 9.17) is 0 Å². The summed E-state index contributed by atoms with van der Waals surface area (Å²) in [6.07, 6.45) is 1.71. The Labute approximate surface area is 112 Å². The third-order valence-electron chi connectivity index (χ3n) is 2.89. The van der Waals surface area contributed by atoms with Gasteiger partial charge in [-0.25, -0.2) is 4.68 Å². The van der Waals surface area contributed by atoms with Crippen molar-refractivity contribution in [1.82, 2.24) is 9.78 Å². The van der Waals surface area contributed by atoms with Gasteiger partial charge >= 0.3 is 0 Å². The van der Waals surface area contributed by atoms with E-state index in [1.54, 1.807) is 12.3 Å². The van der Waals surface area contributed by atoms with Gasteiger partial charge in [0.25, 0.3) is 5.56 Å². The molecule has 0 aliphatic rings. The van der Waals surface area contributed by atoms with Crippen LogP contribution in [0.1, 0.15) is 17.0 Å². The van der Waals surface area contributed by atoms with E-state index >= 15 is 0 Å². The summed E-state index contributed by atoms with van der Waals surface area (Å²) in [4.78, 5) is 11.8. The molecule has 94 valence electrons. The Kier molecular flexibility index (Phi) is 4.20. The van der Waals surface area contributed by atoms with Crippen LogP contribution >= 0.6 is 12.6 Å². The smallest absolute Gasteiger partial charge is 0.267 e. The molecule has 0 saturated heterocycles. The number of aromatic nitrogens is 2. The van der Waals surface area contributed by atoms with Crippen molar-refractivity contribution < 1.29 is 0 Å². The summed E-state index contributed by atoms with van der Waals surface area (Å²) in [5.41, 5.74) is 2.01. The van der Waals surface area contributed by atoms with E-state index in [1.807, 2.05) is 25.1 Å². The molecule has 1 atom stereocenters. The Balaban J connectivity index is 2.23. The minimum Gasteiger partial charge on any atom is -0.268 e. The Morgan fingerprint density at radius 2 is 2.06 bits per heavy atom. The fraction of sp³-hybridized carbons (Fsp3) is 0.286. The number of benzene rings is 1. The lowest BCUT2D eigenvalue weighted by atomic mass is 10.0. The molecular formula is C14H16N2OS. The van der Waals surface area contributed by atoms with Crippen LogP contribution in [0, 0.1) is 6.92 Å². The average Bonchev–Trinajstić information content (AvgIpc) is 2.39. The highest BCUT2D eigenvalue weighted by molar-refractivity contribution is 7.80. The fourth-order valence-electron chi connectivity index (χ4n) is 1.86. The second-order valence-corrected chi connectivity index (χ2v) is 4.71. The van der Waals surface area contributed by atoms with Crippen molar-refractivity contribution >= 4 is 12.6 Å². The first-order valence-electron chi connectivity index (χ1n) is 5.90. The Morgan fingerprint density at radius 1 is 1.33 bits per heavy atom. The molecule has 0 radical (unpaired) electrons. The Morgan fingerprint density at radius 3 is 2.67 bits per heavy atom. The zero-order chi connectivity index (χ0) is 13.0. The van der Waals surface area contributed by atoms with Crippen LogP contribution < -0.4 is 5.56 Å². The highest BCUT2D eigenvalue weighted by Gasteiger charge is 2.11. The number of hydrogen-bond acceptors (Lipinski definition) is 3. The molecule has 0 saturated carbocycles. The van der Waals surface area contributed by atoms with Crippen LogP contribution in [-0.4, -0.2) is 15.5 Å². The first-order valence-corrected chi connectivity index (χ1v) is 6.53. The molecular weight excluding hydrogens is 244 g/mol. The summed E-state index contributed by atoms with van der Waals surface area (Å²) in [5.74, 6) is 0.883.